The van der Waals surface area contributed by atoms with Crippen molar-refractivity contribution in [3.63, 3.8) is 0 Å². The molecule has 106 valence electrons. The number of nitrogens with two attached hydrogens (primary N) is 1. The molecule has 21 heavy (non-hydrogen) atoms. The van der Waals surface area contributed by atoms with Gasteiger partial charge in [0.25, 0.3) is 0 Å². The van der Waals surface area contributed by atoms with Crippen LogP contribution in [-0.2, 0) is 6.42 Å². The molecule has 0 saturated carbocycles. The Balaban J connectivity index is 1.80. The minimum Gasteiger partial charge on any atom is -0.497 e. The first-order valence-corrected chi connectivity index (χ1v) is 6.99. The summed E-state index contributed by atoms with van der Waals surface area (Å²) in [6.45, 7) is 0. The topological polar surface area (TPSA) is 48.1 Å². The van der Waals surface area contributed by atoms with Gasteiger partial charge in [-0.3, -0.25) is 4.98 Å². The van der Waals surface area contributed by atoms with Crippen LogP contribution in [-0.4, -0.2) is 12.1 Å². The first-order chi connectivity index (χ1) is 10.3. The van der Waals surface area contributed by atoms with Gasteiger partial charge in [0.1, 0.15) is 5.75 Å². The summed E-state index contributed by atoms with van der Waals surface area (Å²) in [5, 5.41) is 1.13. The van der Waals surface area contributed by atoms with Gasteiger partial charge in [-0.1, -0.05) is 30.3 Å². The van der Waals surface area contributed by atoms with Gasteiger partial charge in [0.15, 0.2) is 0 Å². The molecule has 1 unspecified atom stereocenters. The fraction of sp³-hybridized carbons (Fsp3) is 0.167. The molecule has 2 aromatic carbocycles. The van der Waals surface area contributed by atoms with E-state index in [1.165, 1.54) is 5.56 Å². The van der Waals surface area contributed by atoms with Gasteiger partial charge >= 0.3 is 0 Å². The van der Waals surface area contributed by atoms with Gasteiger partial charge in [-0.15, -0.1) is 0 Å². The molecule has 1 heterocycles. The van der Waals surface area contributed by atoms with Crippen LogP contribution in [0.15, 0.2) is 60.8 Å². The van der Waals surface area contributed by atoms with Crippen molar-refractivity contribution in [2.24, 2.45) is 5.73 Å². The van der Waals surface area contributed by atoms with Crippen molar-refractivity contribution in [2.45, 2.75) is 12.5 Å². The van der Waals surface area contributed by atoms with E-state index in [2.05, 4.69) is 17.1 Å². The third-order valence-corrected chi connectivity index (χ3v) is 3.65. The van der Waals surface area contributed by atoms with E-state index in [4.69, 9.17) is 10.5 Å². The highest BCUT2D eigenvalue weighted by Gasteiger charge is 2.08. The average Bonchev–Trinajstić information content (AvgIpc) is 2.55. The number of hydrogen-bond acceptors (Lipinski definition) is 3. The molecule has 0 bridgehead atoms. The van der Waals surface area contributed by atoms with Crippen LogP contribution in [0.25, 0.3) is 10.9 Å². The Labute approximate surface area is 124 Å². The number of pyridine rings is 1. The number of rotatable bonds is 4. The minimum absolute atomic E-state index is 0.0597. The minimum atomic E-state index is -0.0597. The summed E-state index contributed by atoms with van der Waals surface area (Å²) in [7, 11) is 1.67. The maximum atomic E-state index is 6.32. The number of hydrogen-bond donors (Lipinski definition) is 1. The molecule has 0 amide bonds. The van der Waals surface area contributed by atoms with Crippen LogP contribution in [0.1, 0.15) is 17.2 Å². The molecule has 3 rings (SSSR count). The van der Waals surface area contributed by atoms with Crippen molar-refractivity contribution in [1.82, 2.24) is 4.98 Å². The highest BCUT2D eigenvalue weighted by atomic mass is 16.5. The Kier molecular flexibility index (Phi) is 3.84. The maximum Gasteiger partial charge on any atom is 0.118 e. The van der Waals surface area contributed by atoms with Crippen molar-refractivity contribution in [3.8, 4) is 5.75 Å². The molecule has 0 aliphatic carbocycles. The SMILES string of the molecule is COc1ccc(CC(N)c2cnc3ccccc3c2)cc1. The second kappa shape index (κ2) is 5.94. The van der Waals surface area contributed by atoms with Gasteiger partial charge in [-0.05, 0) is 41.8 Å². The predicted molar refractivity (Wildman–Crippen MR) is 85.4 cm³/mol. The second-order valence-electron chi connectivity index (χ2n) is 5.12. The highest BCUT2D eigenvalue weighted by Crippen LogP contribution is 2.21. The van der Waals surface area contributed by atoms with Crippen LogP contribution in [0, 0.1) is 0 Å². The van der Waals surface area contributed by atoms with Crippen LogP contribution in [0.2, 0.25) is 0 Å². The molecule has 0 aliphatic heterocycles. The summed E-state index contributed by atoms with van der Waals surface area (Å²) < 4.78 is 5.17. The van der Waals surface area contributed by atoms with Crippen molar-refractivity contribution in [1.29, 1.82) is 0 Å². The van der Waals surface area contributed by atoms with Crippen molar-refractivity contribution < 1.29 is 4.74 Å². The Morgan fingerprint density at radius 3 is 2.62 bits per heavy atom. The number of aromatic nitrogens is 1. The largest absolute Gasteiger partial charge is 0.497 e. The number of fused-ring (bicyclic) bond motifs is 1. The lowest BCUT2D eigenvalue weighted by Gasteiger charge is -2.13. The Bertz CT molecular complexity index is 738. The lowest BCUT2D eigenvalue weighted by Crippen LogP contribution is -2.13. The normalized spacial score (nSPS) is 12.3. The molecule has 0 spiro atoms. The summed E-state index contributed by atoms with van der Waals surface area (Å²) in [5.74, 6) is 0.861. The van der Waals surface area contributed by atoms with Crippen LogP contribution in [0.4, 0.5) is 0 Å². The Morgan fingerprint density at radius 1 is 1.10 bits per heavy atom. The number of para-hydroxylation sites is 1. The van der Waals surface area contributed by atoms with Gasteiger partial charge in [0, 0.05) is 17.6 Å². The Morgan fingerprint density at radius 2 is 1.86 bits per heavy atom. The zero-order valence-corrected chi connectivity index (χ0v) is 12.0. The van der Waals surface area contributed by atoms with E-state index in [-0.39, 0.29) is 6.04 Å². The third kappa shape index (κ3) is 3.03. The third-order valence-electron chi connectivity index (χ3n) is 3.65. The quantitative estimate of drug-likeness (QED) is 0.794. The number of benzene rings is 2. The smallest absolute Gasteiger partial charge is 0.118 e. The van der Waals surface area contributed by atoms with Gasteiger partial charge in [0.05, 0.1) is 12.6 Å². The zero-order valence-electron chi connectivity index (χ0n) is 12.0. The van der Waals surface area contributed by atoms with Crippen LogP contribution in [0.3, 0.4) is 0 Å². The fourth-order valence-corrected chi connectivity index (χ4v) is 2.42. The van der Waals surface area contributed by atoms with Gasteiger partial charge in [-0.25, -0.2) is 0 Å². The standard InChI is InChI=1S/C18H18N2O/c1-21-16-8-6-13(7-9-16)10-17(19)15-11-14-4-2-3-5-18(14)20-12-15/h2-9,11-12,17H,10,19H2,1H3. The number of ether oxygens (including phenoxy) is 1. The molecule has 1 atom stereocenters. The molecule has 0 fully saturated rings. The molecule has 3 nitrogen and oxygen atoms in total. The molecular weight excluding hydrogens is 260 g/mol. The van der Waals surface area contributed by atoms with Crippen molar-refractivity contribution >= 4 is 10.9 Å². The van der Waals surface area contributed by atoms with Gasteiger partial charge in [-0.2, -0.15) is 0 Å². The molecule has 0 radical (unpaired) electrons. The molecule has 0 saturated heterocycles. The first-order valence-electron chi connectivity index (χ1n) is 6.99. The van der Waals surface area contributed by atoms with E-state index in [0.717, 1.165) is 28.6 Å². The van der Waals surface area contributed by atoms with E-state index in [1.807, 2.05) is 48.7 Å². The summed E-state index contributed by atoms with van der Waals surface area (Å²) in [4.78, 5) is 4.47. The lowest BCUT2D eigenvalue weighted by atomic mass is 10.00. The van der Waals surface area contributed by atoms with Gasteiger partial charge in [0.2, 0.25) is 0 Å². The predicted octanol–water partition coefficient (Wildman–Crippen LogP) is 3.49. The lowest BCUT2D eigenvalue weighted by molar-refractivity contribution is 0.414. The molecule has 0 aliphatic rings. The zero-order chi connectivity index (χ0) is 14.7. The number of nitrogens with zero attached hydrogens (tertiary/aromatic N) is 1. The first kappa shape index (κ1) is 13.6. The van der Waals surface area contributed by atoms with Gasteiger partial charge < -0.3 is 10.5 Å². The average molecular weight is 278 g/mol. The summed E-state index contributed by atoms with van der Waals surface area (Å²) >= 11 is 0. The highest BCUT2D eigenvalue weighted by molar-refractivity contribution is 5.78. The summed E-state index contributed by atoms with van der Waals surface area (Å²) in [6.07, 6.45) is 2.65. The van der Waals surface area contributed by atoms with E-state index in [1.54, 1.807) is 7.11 Å². The van der Waals surface area contributed by atoms with Crippen molar-refractivity contribution in [3.05, 3.63) is 71.9 Å². The van der Waals surface area contributed by atoms with E-state index in [9.17, 15) is 0 Å². The van der Waals surface area contributed by atoms with Crippen LogP contribution < -0.4 is 10.5 Å². The summed E-state index contributed by atoms with van der Waals surface area (Å²) in [6, 6.07) is 18.2. The second-order valence-corrected chi connectivity index (χ2v) is 5.12. The molecule has 2 N–H and O–H groups in total. The van der Waals surface area contributed by atoms with Crippen molar-refractivity contribution in [2.75, 3.05) is 7.11 Å². The summed E-state index contributed by atoms with van der Waals surface area (Å²) in [5.41, 5.74) is 9.57. The monoisotopic (exact) mass is 278 g/mol. The van der Waals surface area contributed by atoms with E-state index < -0.39 is 0 Å². The number of methoxy groups -OCH3 is 1. The molecular formula is C18H18N2O. The Hall–Kier alpha value is -2.39. The maximum absolute atomic E-state index is 6.32. The van der Waals surface area contributed by atoms with Crippen LogP contribution >= 0.6 is 0 Å². The van der Waals surface area contributed by atoms with Crippen LogP contribution in [0.5, 0.6) is 5.75 Å². The van der Waals surface area contributed by atoms with E-state index >= 15 is 0 Å². The van der Waals surface area contributed by atoms with E-state index in [0.29, 0.717) is 0 Å². The fourth-order valence-electron chi connectivity index (χ4n) is 2.42. The molecule has 3 aromatic rings. The molecule has 3 heteroatoms. The molecule has 1 aromatic heterocycles.